The predicted molar refractivity (Wildman–Crippen MR) is 67.2 cm³/mol. The van der Waals surface area contributed by atoms with E-state index in [1.807, 2.05) is 0 Å². The summed E-state index contributed by atoms with van der Waals surface area (Å²) in [7, 11) is 0. The summed E-state index contributed by atoms with van der Waals surface area (Å²) in [5.74, 6) is 0.402. The van der Waals surface area contributed by atoms with Gasteiger partial charge in [-0.25, -0.2) is 4.39 Å². The van der Waals surface area contributed by atoms with Crippen LogP contribution in [0.5, 0.6) is 5.75 Å². The third-order valence-corrected chi connectivity index (χ3v) is 2.56. The van der Waals surface area contributed by atoms with Crippen molar-refractivity contribution in [3.63, 3.8) is 0 Å². The van der Waals surface area contributed by atoms with Gasteiger partial charge in [-0.1, -0.05) is 12.1 Å². The van der Waals surface area contributed by atoms with Gasteiger partial charge in [-0.15, -0.1) is 0 Å². The molecule has 0 unspecified atom stereocenters. The Morgan fingerprint density at radius 3 is 2.50 bits per heavy atom. The van der Waals surface area contributed by atoms with Crippen LogP contribution < -0.4 is 4.74 Å². The SMILES string of the molecule is CC(=O)c1ccc(OCc2cccc(F)c2)cc1. The minimum absolute atomic E-state index is 0.0201. The van der Waals surface area contributed by atoms with E-state index in [0.717, 1.165) is 5.56 Å². The number of carbonyl (C=O) groups excluding carboxylic acids is 1. The maximum Gasteiger partial charge on any atom is 0.159 e. The van der Waals surface area contributed by atoms with Gasteiger partial charge in [-0.2, -0.15) is 0 Å². The molecule has 2 rings (SSSR count). The standard InChI is InChI=1S/C15H13FO2/c1-11(17)13-5-7-15(8-6-13)18-10-12-3-2-4-14(16)9-12/h2-9H,10H2,1H3. The van der Waals surface area contributed by atoms with Gasteiger partial charge < -0.3 is 4.74 Å². The number of carbonyl (C=O) groups is 1. The Balaban J connectivity index is 2.00. The molecule has 0 spiro atoms. The maximum absolute atomic E-state index is 12.9. The van der Waals surface area contributed by atoms with Gasteiger partial charge in [-0.05, 0) is 48.9 Å². The Morgan fingerprint density at radius 2 is 1.89 bits per heavy atom. The van der Waals surface area contributed by atoms with Gasteiger partial charge in [0.05, 0.1) is 0 Å². The second-order valence-electron chi connectivity index (χ2n) is 4.00. The minimum atomic E-state index is -0.275. The molecule has 0 radical (unpaired) electrons. The average Bonchev–Trinajstić information content (AvgIpc) is 2.37. The number of rotatable bonds is 4. The molecule has 92 valence electrons. The number of benzene rings is 2. The molecule has 0 heterocycles. The predicted octanol–water partition coefficient (Wildman–Crippen LogP) is 3.61. The first-order valence-electron chi connectivity index (χ1n) is 5.63. The van der Waals surface area contributed by atoms with E-state index in [4.69, 9.17) is 4.74 Å². The molecule has 2 aromatic carbocycles. The highest BCUT2D eigenvalue weighted by Gasteiger charge is 2.00. The Morgan fingerprint density at radius 1 is 1.17 bits per heavy atom. The molecule has 0 fully saturated rings. The molecule has 0 atom stereocenters. The fourth-order valence-electron chi connectivity index (χ4n) is 1.58. The highest BCUT2D eigenvalue weighted by Crippen LogP contribution is 2.15. The van der Waals surface area contributed by atoms with Crippen LogP contribution in [0.4, 0.5) is 4.39 Å². The van der Waals surface area contributed by atoms with E-state index in [1.54, 1.807) is 36.4 Å². The van der Waals surface area contributed by atoms with Gasteiger partial charge in [0.15, 0.2) is 5.78 Å². The largest absolute Gasteiger partial charge is 0.489 e. The lowest BCUT2D eigenvalue weighted by molar-refractivity contribution is 0.101. The van der Waals surface area contributed by atoms with Gasteiger partial charge in [-0.3, -0.25) is 4.79 Å². The lowest BCUT2D eigenvalue weighted by Gasteiger charge is -2.06. The van der Waals surface area contributed by atoms with Gasteiger partial charge in [0.25, 0.3) is 0 Å². The zero-order chi connectivity index (χ0) is 13.0. The number of hydrogen-bond donors (Lipinski definition) is 0. The third-order valence-electron chi connectivity index (χ3n) is 2.56. The van der Waals surface area contributed by atoms with Crippen molar-refractivity contribution >= 4 is 5.78 Å². The number of halogens is 1. The van der Waals surface area contributed by atoms with Crippen LogP contribution in [-0.4, -0.2) is 5.78 Å². The first-order chi connectivity index (χ1) is 8.65. The van der Waals surface area contributed by atoms with Crippen molar-refractivity contribution in [2.75, 3.05) is 0 Å². The van der Waals surface area contributed by atoms with Gasteiger partial charge in [0.1, 0.15) is 18.2 Å². The van der Waals surface area contributed by atoms with Crippen LogP contribution in [0.25, 0.3) is 0 Å². The van der Waals surface area contributed by atoms with Crippen molar-refractivity contribution in [3.05, 3.63) is 65.5 Å². The minimum Gasteiger partial charge on any atom is -0.489 e. The highest BCUT2D eigenvalue weighted by atomic mass is 19.1. The van der Waals surface area contributed by atoms with E-state index in [0.29, 0.717) is 17.9 Å². The Labute approximate surface area is 105 Å². The van der Waals surface area contributed by atoms with Crippen LogP contribution in [0.15, 0.2) is 48.5 Å². The lowest BCUT2D eigenvalue weighted by atomic mass is 10.1. The first kappa shape index (κ1) is 12.3. The van der Waals surface area contributed by atoms with Crippen molar-refractivity contribution in [3.8, 4) is 5.75 Å². The van der Waals surface area contributed by atoms with E-state index >= 15 is 0 Å². The average molecular weight is 244 g/mol. The second-order valence-corrected chi connectivity index (χ2v) is 4.00. The Hall–Kier alpha value is -2.16. The summed E-state index contributed by atoms with van der Waals surface area (Å²) in [6.07, 6.45) is 0. The van der Waals surface area contributed by atoms with Crippen molar-refractivity contribution < 1.29 is 13.9 Å². The molecule has 2 aromatic rings. The fourth-order valence-corrected chi connectivity index (χ4v) is 1.58. The number of ketones is 1. The number of Topliss-reactive ketones (excluding diaryl/α,β-unsaturated/α-hetero) is 1. The van der Waals surface area contributed by atoms with Crippen LogP contribution >= 0.6 is 0 Å². The summed E-state index contributed by atoms with van der Waals surface area (Å²) in [5.41, 5.74) is 1.42. The quantitative estimate of drug-likeness (QED) is 0.768. The van der Waals surface area contributed by atoms with E-state index in [1.165, 1.54) is 19.1 Å². The van der Waals surface area contributed by atoms with Crippen LogP contribution in [0, 0.1) is 5.82 Å². The van der Waals surface area contributed by atoms with Crippen LogP contribution in [0.2, 0.25) is 0 Å². The van der Waals surface area contributed by atoms with E-state index < -0.39 is 0 Å². The molecule has 0 saturated carbocycles. The molecule has 0 aliphatic rings. The van der Waals surface area contributed by atoms with Crippen LogP contribution in [-0.2, 0) is 6.61 Å². The van der Waals surface area contributed by atoms with Crippen molar-refractivity contribution in [2.24, 2.45) is 0 Å². The molecule has 0 amide bonds. The molecular formula is C15H13FO2. The van der Waals surface area contributed by atoms with E-state index in [2.05, 4.69) is 0 Å². The van der Waals surface area contributed by atoms with Crippen molar-refractivity contribution in [1.29, 1.82) is 0 Å². The third kappa shape index (κ3) is 3.17. The smallest absolute Gasteiger partial charge is 0.159 e. The second kappa shape index (κ2) is 5.45. The molecule has 3 heteroatoms. The molecule has 0 aromatic heterocycles. The highest BCUT2D eigenvalue weighted by molar-refractivity contribution is 5.94. The molecule has 18 heavy (non-hydrogen) atoms. The monoisotopic (exact) mass is 244 g/mol. The Bertz CT molecular complexity index is 547. The molecule has 0 saturated heterocycles. The van der Waals surface area contributed by atoms with Crippen LogP contribution in [0.1, 0.15) is 22.8 Å². The summed E-state index contributed by atoms with van der Waals surface area (Å²) < 4.78 is 18.4. The van der Waals surface area contributed by atoms with Gasteiger partial charge in [0, 0.05) is 5.56 Å². The van der Waals surface area contributed by atoms with E-state index in [-0.39, 0.29) is 11.6 Å². The summed E-state index contributed by atoms with van der Waals surface area (Å²) in [5, 5.41) is 0. The van der Waals surface area contributed by atoms with Crippen molar-refractivity contribution in [1.82, 2.24) is 0 Å². The van der Waals surface area contributed by atoms with Gasteiger partial charge >= 0.3 is 0 Å². The molecule has 2 nitrogen and oxygen atoms in total. The van der Waals surface area contributed by atoms with Gasteiger partial charge in [0.2, 0.25) is 0 Å². The normalized spacial score (nSPS) is 10.1. The summed E-state index contributed by atoms with van der Waals surface area (Å²) >= 11 is 0. The molecule has 0 aliphatic carbocycles. The Kier molecular flexibility index (Phi) is 3.72. The molecular weight excluding hydrogens is 231 g/mol. The number of ether oxygens (including phenoxy) is 1. The summed E-state index contributed by atoms with van der Waals surface area (Å²) in [4.78, 5) is 11.1. The maximum atomic E-state index is 12.9. The lowest BCUT2D eigenvalue weighted by Crippen LogP contribution is -1.97. The van der Waals surface area contributed by atoms with E-state index in [9.17, 15) is 9.18 Å². The molecule has 0 aliphatic heterocycles. The zero-order valence-corrected chi connectivity index (χ0v) is 10.0. The zero-order valence-electron chi connectivity index (χ0n) is 10.0. The summed E-state index contributed by atoms with van der Waals surface area (Å²) in [6, 6.07) is 13.2. The van der Waals surface area contributed by atoms with Crippen LogP contribution in [0.3, 0.4) is 0 Å². The first-order valence-corrected chi connectivity index (χ1v) is 5.63. The molecule has 0 N–H and O–H groups in total. The summed E-state index contributed by atoms with van der Waals surface area (Å²) in [6.45, 7) is 1.82. The van der Waals surface area contributed by atoms with Crippen molar-refractivity contribution in [2.45, 2.75) is 13.5 Å². The molecule has 0 bridgehead atoms. The topological polar surface area (TPSA) is 26.3 Å². The fraction of sp³-hybridized carbons (Fsp3) is 0.133. The number of hydrogen-bond acceptors (Lipinski definition) is 2.